The lowest BCUT2D eigenvalue weighted by atomic mass is 10.1. The predicted molar refractivity (Wildman–Crippen MR) is 84.7 cm³/mol. The number of rotatable bonds is 7. The van der Waals surface area contributed by atoms with Gasteiger partial charge in [-0.15, -0.1) is 0 Å². The highest BCUT2D eigenvalue weighted by atomic mass is 16.5. The average molecular weight is 292 g/mol. The zero-order chi connectivity index (χ0) is 15.2. The van der Waals surface area contributed by atoms with Gasteiger partial charge in [0.15, 0.2) is 0 Å². The van der Waals surface area contributed by atoms with Crippen molar-refractivity contribution < 1.29 is 9.47 Å². The molecule has 1 aliphatic heterocycles. The third kappa shape index (κ3) is 4.97. The first-order chi connectivity index (χ1) is 10.1. The lowest BCUT2D eigenvalue weighted by Gasteiger charge is -2.17. The topological polar surface area (TPSA) is 43.4 Å². The van der Waals surface area contributed by atoms with E-state index in [2.05, 4.69) is 37.1 Å². The quantitative estimate of drug-likeness (QED) is 0.839. The molecule has 0 saturated carbocycles. The number of pyridine rings is 1. The molecule has 1 atom stereocenters. The highest BCUT2D eigenvalue weighted by Crippen LogP contribution is 2.23. The van der Waals surface area contributed by atoms with Crippen LogP contribution in [0.15, 0.2) is 6.07 Å². The van der Waals surface area contributed by atoms with Crippen LogP contribution in [0.4, 0.5) is 0 Å². The van der Waals surface area contributed by atoms with Crippen molar-refractivity contribution in [1.82, 2.24) is 10.3 Å². The van der Waals surface area contributed by atoms with E-state index in [-0.39, 0.29) is 0 Å². The lowest BCUT2D eigenvalue weighted by Crippen LogP contribution is -2.21. The van der Waals surface area contributed by atoms with Gasteiger partial charge < -0.3 is 14.8 Å². The Bertz CT molecular complexity index is 454. The number of hydrogen-bond acceptors (Lipinski definition) is 4. The Hall–Kier alpha value is -1.13. The number of hydrogen-bond donors (Lipinski definition) is 1. The Kier molecular flexibility index (Phi) is 6.00. The normalized spacial score (nSPS) is 18.4. The van der Waals surface area contributed by atoms with Crippen molar-refractivity contribution in [3.63, 3.8) is 0 Å². The van der Waals surface area contributed by atoms with Crippen molar-refractivity contribution in [2.45, 2.75) is 40.7 Å². The number of aromatic nitrogens is 1. The predicted octanol–water partition coefficient (Wildman–Crippen LogP) is 2.86. The molecule has 0 aliphatic carbocycles. The highest BCUT2D eigenvalue weighted by molar-refractivity contribution is 5.35. The SMILES string of the molecule is Cc1cc(C)c(CNCC(C)C)c(OCC2CCOC2)n1. The minimum atomic E-state index is 0.504. The summed E-state index contributed by atoms with van der Waals surface area (Å²) in [5.74, 6) is 1.93. The summed E-state index contributed by atoms with van der Waals surface area (Å²) in [7, 11) is 0. The molecule has 1 saturated heterocycles. The number of nitrogens with zero attached hydrogens (tertiary/aromatic N) is 1. The fraction of sp³-hybridized carbons (Fsp3) is 0.706. The maximum Gasteiger partial charge on any atom is 0.218 e. The Labute approximate surface area is 128 Å². The molecule has 1 N–H and O–H groups in total. The second kappa shape index (κ2) is 7.76. The van der Waals surface area contributed by atoms with Gasteiger partial charge >= 0.3 is 0 Å². The third-order valence-electron chi connectivity index (χ3n) is 3.77. The van der Waals surface area contributed by atoms with E-state index in [1.165, 1.54) is 11.1 Å². The first kappa shape index (κ1) is 16.2. The Morgan fingerprint density at radius 1 is 1.43 bits per heavy atom. The molecule has 1 unspecified atom stereocenters. The fourth-order valence-corrected chi connectivity index (χ4v) is 2.56. The number of aryl methyl sites for hydroxylation is 2. The van der Waals surface area contributed by atoms with E-state index >= 15 is 0 Å². The van der Waals surface area contributed by atoms with Crippen molar-refractivity contribution in [1.29, 1.82) is 0 Å². The molecule has 2 heterocycles. The Balaban J connectivity index is 2.02. The van der Waals surface area contributed by atoms with E-state index in [0.717, 1.165) is 44.3 Å². The monoisotopic (exact) mass is 292 g/mol. The van der Waals surface area contributed by atoms with Gasteiger partial charge in [-0.3, -0.25) is 0 Å². The number of nitrogens with one attached hydrogen (secondary N) is 1. The van der Waals surface area contributed by atoms with Crippen LogP contribution in [0.1, 0.15) is 37.1 Å². The maximum atomic E-state index is 6.01. The van der Waals surface area contributed by atoms with E-state index in [4.69, 9.17) is 9.47 Å². The first-order valence-corrected chi connectivity index (χ1v) is 7.94. The molecule has 118 valence electrons. The van der Waals surface area contributed by atoms with Crippen LogP contribution in [0, 0.1) is 25.7 Å². The number of ether oxygens (including phenoxy) is 2. The van der Waals surface area contributed by atoms with E-state index < -0.39 is 0 Å². The zero-order valence-corrected chi connectivity index (χ0v) is 13.7. The minimum absolute atomic E-state index is 0.504. The van der Waals surface area contributed by atoms with Gasteiger partial charge in [0.25, 0.3) is 0 Å². The van der Waals surface area contributed by atoms with Gasteiger partial charge in [0, 0.05) is 30.3 Å². The van der Waals surface area contributed by atoms with Gasteiger partial charge in [-0.1, -0.05) is 13.8 Å². The highest BCUT2D eigenvalue weighted by Gasteiger charge is 2.18. The molecule has 1 aliphatic rings. The molecule has 0 aromatic carbocycles. The summed E-state index contributed by atoms with van der Waals surface area (Å²) >= 11 is 0. The van der Waals surface area contributed by atoms with E-state index in [0.29, 0.717) is 18.4 Å². The molecule has 0 bridgehead atoms. The lowest BCUT2D eigenvalue weighted by molar-refractivity contribution is 0.165. The maximum absolute atomic E-state index is 6.01. The minimum Gasteiger partial charge on any atom is -0.477 e. The van der Waals surface area contributed by atoms with Crippen LogP contribution in [0.5, 0.6) is 5.88 Å². The summed E-state index contributed by atoms with van der Waals surface area (Å²) in [4.78, 5) is 4.59. The van der Waals surface area contributed by atoms with Crippen LogP contribution < -0.4 is 10.1 Å². The molecule has 0 radical (unpaired) electrons. The van der Waals surface area contributed by atoms with Crippen LogP contribution in [0.3, 0.4) is 0 Å². The molecule has 1 fully saturated rings. The van der Waals surface area contributed by atoms with E-state index in [9.17, 15) is 0 Å². The van der Waals surface area contributed by atoms with Crippen LogP contribution in [0.25, 0.3) is 0 Å². The van der Waals surface area contributed by atoms with Gasteiger partial charge in [0.2, 0.25) is 5.88 Å². The third-order valence-corrected chi connectivity index (χ3v) is 3.77. The van der Waals surface area contributed by atoms with Crippen molar-refractivity contribution in [2.24, 2.45) is 11.8 Å². The van der Waals surface area contributed by atoms with Crippen LogP contribution in [-0.2, 0) is 11.3 Å². The molecule has 0 spiro atoms. The molecule has 1 aromatic rings. The molecular formula is C17H28N2O2. The zero-order valence-electron chi connectivity index (χ0n) is 13.7. The van der Waals surface area contributed by atoms with Gasteiger partial charge in [-0.25, -0.2) is 4.98 Å². The van der Waals surface area contributed by atoms with E-state index in [1.54, 1.807) is 0 Å². The van der Waals surface area contributed by atoms with E-state index in [1.807, 2.05) is 6.92 Å². The summed E-state index contributed by atoms with van der Waals surface area (Å²) < 4.78 is 11.4. The first-order valence-electron chi connectivity index (χ1n) is 7.94. The largest absolute Gasteiger partial charge is 0.477 e. The van der Waals surface area contributed by atoms with Gasteiger partial charge in [0.05, 0.1) is 13.2 Å². The smallest absolute Gasteiger partial charge is 0.218 e. The molecule has 21 heavy (non-hydrogen) atoms. The van der Waals surface area contributed by atoms with Gasteiger partial charge in [-0.2, -0.15) is 0 Å². The standard InChI is InChI=1S/C17H28N2O2/c1-12(2)8-18-9-16-13(3)7-14(4)19-17(16)21-11-15-5-6-20-10-15/h7,12,15,18H,5-6,8-11H2,1-4H3. The van der Waals surface area contributed by atoms with Crippen molar-refractivity contribution in [3.8, 4) is 5.88 Å². The summed E-state index contributed by atoms with van der Waals surface area (Å²) in [5, 5.41) is 3.49. The van der Waals surface area contributed by atoms with Gasteiger partial charge in [-0.05, 0) is 44.4 Å². The fourth-order valence-electron chi connectivity index (χ4n) is 2.56. The second-order valence-corrected chi connectivity index (χ2v) is 6.43. The summed E-state index contributed by atoms with van der Waals surface area (Å²) in [5.41, 5.74) is 3.44. The van der Waals surface area contributed by atoms with Crippen LogP contribution >= 0.6 is 0 Å². The Morgan fingerprint density at radius 2 is 2.24 bits per heavy atom. The molecule has 4 nitrogen and oxygen atoms in total. The molecule has 0 amide bonds. The summed E-state index contributed by atoms with van der Waals surface area (Å²) in [6, 6.07) is 2.12. The molecular weight excluding hydrogens is 264 g/mol. The van der Waals surface area contributed by atoms with Crippen molar-refractivity contribution in [2.75, 3.05) is 26.4 Å². The van der Waals surface area contributed by atoms with Crippen molar-refractivity contribution >= 4 is 0 Å². The second-order valence-electron chi connectivity index (χ2n) is 6.43. The average Bonchev–Trinajstić information content (AvgIpc) is 2.91. The summed E-state index contributed by atoms with van der Waals surface area (Å²) in [6.45, 7) is 12.8. The van der Waals surface area contributed by atoms with Gasteiger partial charge in [0.1, 0.15) is 0 Å². The summed E-state index contributed by atoms with van der Waals surface area (Å²) in [6.07, 6.45) is 1.09. The van der Waals surface area contributed by atoms with Crippen molar-refractivity contribution in [3.05, 3.63) is 22.9 Å². The molecule has 1 aromatic heterocycles. The van der Waals surface area contributed by atoms with Crippen LogP contribution in [-0.4, -0.2) is 31.3 Å². The molecule has 4 heteroatoms. The van der Waals surface area contributed by atoms with Crippen LogP contribution in [0.2, 0.25) is 0 Å². The Morgan fingerprint density at radius 3 is 2.90 bits per heavy atom. The molecule has 2 rings (SSSR count).